The summed E-state index contributed by atoms with van der Waals surface area (Å²) in [4.78, 5) is 24.8. The van der Waals surface area contributed by atoms with Gasteiger partial charge in [0, 0.05) is 16.8 Å². The van der Waals surface area contributed by atoms with Gasteiger partial charge in [0.25, 0.3) is 11.8 Å². The summed E-state index contributed by atoms with van der Waals surface area (Å²) in [6.07, 6.45) is 0. The first-order chi connectivity index (χ1) is 15.1. The molecule has 0 fully saturated rings. The van der Waals surface area contributed by atoms with Crippen LogP contribution in [0.2, 0.25) is 5.02 Å². The average molecular weight is 431 g/mol. The molecule has 4 aromatic carbocycles. The molecule has 0 radical (unpaired) electrons. The Hall–Kier alpha value is -3.83. The van der Waals surface area contributed by atoms with Crippen LogP contribution in [0, 0.1) is 0 Å². The Balaban J connectivity index is 1.39. The minimum atomic E-state index is -0.326. The molecule has 0 aliphatic carbocycles. The summed E-state index contributed by atoms with van der Waals surface area (Å²) in [5, 5.41) is 7.93. The Labute approximate surface area is 184 Å². The first kappa shape index (κ1) is 20.4. The van der Waals surface area contributed by atoms with Gasteiger partial charge in [-0.15, -0.1) is 0 Å². The van der Waals surface area contributed by atoms with E-state index in [2.05, 4.69) is 10.6 Å². The van der Waals surface area contributed by atoms with E-state index in [1.54, 1.807) is 48.5 Å². The molecule has 2 N–H and O–H groups in total. The number of fused-ring (bicyclic) bond motifs is 1. The number of carbonyl (C=O) groups excluding carboxylic acids is 2. The quantitative estimate of drug-likeness (QED) is 0.408. The molecule has 4 aromatic rings. The van der Waals surface area contributed by atoms with E-state index in [4.69, 9.17) is 16.3 Å². The summed E-state index contributed by atoms with van der Waals surface area (Å²) >= 11 is 6.08. The molecule has 2 amide bonds. The highest BCUT2D eigenvalue weighted by Crippen LogP contribution is 2.25. The number of nitrogens with one attached hydrogen (secondary N) is 2. The van der Waals surface area contributed by atoms with Gasteiger partial charge in [0.2, 0.25) is 0 Å². The normalized spacial score (nSPS) is 10.5. The number of halogens is 1. The van der Waals surface area contributed by atoms with Crippen molar-refractivity contribution in [3.05, 3.63) is 102 Å². The summed E-state index contributed by atoms with van der Waals surface area (Å²) in [7, 11) is 0. The van der Waals surface area contributed by atoms with Gasteiger partial charge in [-0.25, -0.2) is 0 Å². The molecule has 0 aromatic heterocycles. The van der Waals surface area contributed by atoms with Crippen molar-refractivity contribution in [2.75, 3.05) is 17.2 Å². The lowest BCUT2D eigenvalue weighted by molar-refractivity contribution is -0.118. The third-order valence-corrected chi connectivity index (χ3v) is 4.96. The van der Waals surface area contributed by atoms with Crippen LogP contribution in [0.25, 0.3) is 10.8 Å². The van der Waals surface area contributed by atoms with Crippen LogP contribution in [-0.2, 0) is 4.79 Å². The third-order valence-electron chi connectivity index (χ3n) is 4.63. The van der Waals surface area contributed by atoms with Gasteiger partial charge in [0.1, 0.15) is 5.75 Å². The minimum absolute atomic E-state index is 0.135. The van der Waals surface area contributed by atoms with E-state index in [9.17, 15) is 9.59 Å². The zero-order valence-electron chi connectivity index (χ0n) is 16.5. The van der Waals surface area contributed by atoms with Gasteiger partial charge in [-0.1, -0.05) is 66.2 Å². The number of rotatable bonds is 6. The van der Waals surface area contributed by atoms with Crippen LogP contribution < -0.4 is 15.4 Å². The van der Waals surface area contributed by atoms with Crippen molar-refractivity contribution in [1.29, 1.82) is 0 Å². The summed E-state index contributed by atoms with van der Waals surface area (Å²) in [5.41, 5.74) is 1.46. The van der Waals surface area contributed by atoms with E-state index in [0.29, 0.717) is 27.7 Å². The number of anilines is 2. The van der Waals surface area contributed by atoms with Gasteiger partial charge in [0.15, 0.2) is 6.61 Å². The van der Waals surface area contributed by atoms with Crippen LogP contribution in [-0.4, -0.2) is 18.4 Å². The third kappa shape index (κ3) is 5.02. The topological polar surface area (TPSA) is 67.4 Å². The van der Waals surface area contributed by atoms with Crippen LogP contribution in [0.15, 0.2) is 91.0 Å². The molecule has 31 heavy (non-hydrogen) atoms. The van der Waals surface area contributed by atoms with Gasteiger partial charge in [-0.05, 0) is 41.8 Å². The maximum atomic E-state index is 12.4. The number of amides is 2. The summed E-state index contributed by atoms with van der Waals surface area (Å²) < 4.78 is 5.72. The van der Waals surface area contributed by atoms with Crippen LogP contribution in [0.3, 0.4) is 0 Å². The number of hydrogen-bond acceptors (Lipinski definition) is 3. The molecule has 6 heteroatoms. The molecule has 0 saturated carbocycles. The predicted octanol–water partition coefficient (Wildman–Crippen LogP) is 5.76. The van der Waals surface area contributed by atoms with Gasteiger partial charge >= 0.3 is 0 Å². The second-order valence-electron chi connectivity index (χ2n) is 6.83. The van der Waals surface area contributed by atoms with Gasteiger partial charge in [-0.3, -0.25) is 9.59 Å². The molecular formula is C25H19ClN2O3. The average Bonchev–Trinajstić information content (AvgIpc) is 2.78. The van der Waals surface area contributed by atoms with Crippen LogP contribution in [0.1, 0.15) is 10.4 Å². The molecule has 0 unspecified atom stereocenters. The number of hydrogen-bond donors (Lipinski definition) is 2. The molecule has 0 spiro atoms. The van der Waals surface area contributed by atoms with Gasteiger partial charge in [0.05, 0.1) is 10.6 Å². The van der Waals surface area contributed by atoms with Crippen molar-refractivity contribution in [3.63, 3.8) is 0 Å². The van der Waals surface area contributed by atoms with Crippen molar-refractivity contribution in [1.82, 2.24) is 0 Å². The highest BCUT2D eigenvalue weighted by Gasteiger charge is 2.11. The molecule has 4 rings (SSSR count). The number of benzene rings is 4. The van der Waals surface area contributed by atoms with Gasteiger partial charge < -0.3 is 15.4 Å². The Morgan fingerprint density at radius 3 is 2.29 bits per heavy atom. The van der Waals surface area contributed by atoms with E-state index in [-0.39, 0.29) is 18.4 Å². The van der Waals surface area contributed by atoms with Crippen molar-refractivity contribution < 1.29 is 14.3 Å². The van der Waals surface area contributed by atoms with Crippen LogP contribution in [0.4, 0.5) is 11.4 Å². The molecule has 5 nitrogen and oxygen atoms in total. The lowest BCUT2D eigenvalue weighted by Gasteiger charge is -2.11. The molecule has 0 aliphatic heterocycles. The van der Waals surface area contributed by atoms with E-state index < -0.39 is 0 Å². The van der Waals surface area contributed by atoms with Crippen molar-refractivity contribution in [3.8, 4) is 5.75 Å². The molecule has 0 atom stereocenters. The molecular weight excluding hydrogens is 412 g/mol. The lowest BCUT2D eigenvalue weighted by Crippen LogP contribution is -2.20. The maximum Gasteiger partial charge on any atom is 0.262 e. The van der Waals surface area contributed by atoms with Crippen molar-refractivity contribution in [2.45, 2.75) is 0 Å². The Kier molecular flexibility index (Phi) is 6.15. The highest BCUT2D eigenvalue weighted by molar-refractivity contribution is 6.34. The van der Waals surface area contributed by atoms with E-state index >= 15 is 0 Å². The number of carbonyl (C=O) groups is 2. The SMILES string of the molecule is O=C(COc1cccc2ccccc12)Nc1cccc(NC(=O)c2ccccc2Cl)c1. The Morgan fingerprint density at radius 1 is 0.774 bits per heavy atom. The Bertz CT molecular complexity index is 1250. The fraction of sp³-hybridized carbons (Fsp3) is 0.0400. The molecule has 0 aliphatic rings. The minimum Gasteiger partial charge on any atom is -0.483 e. The Morgan fingerprint density at radius 2 is 1.45 bits per heavy atom. The fourth-order valence-electron chi connectivity index (χ4n) is 3.18. The summed E-state index contributed by atoms with van der Waals surface area (Å²) in [5.74, 6) is 0.0184. The van der Waals surface area contributed by atoms with Crippen LogP contribution in [0.5, 0.6) is 5.75 Å². The second kappa shape index (κ2) is 9.32. The first-order valence-corrected chi connectivity index (χ1v) is 10.0. The summed E-state index contributed by atoms with van der Waals surface area (Å²) in [6.45, 7) is -0.135. The van der Waals surface area contributed by atoms with Crippen molar-refractivity contribution in [2.24, 2.45) is 0 Å². The zero-order valence-corrected chi connectivity index (χ0v) is 17.2. The largest absolute Gasteiger partial charge is 0.483 e. The maximum absolute atomic E-state index is 12.4. The molecule has 154 valence electrons. The second-order valence-corrected chi connectivity index (χ2v) is 7.24. The zero-order chi connectivity index (χ0) is 21.6. The van der Waals surface area contributed by atoms with Crippen LogP contribution >= 0.6 is 11.6 Å². The van der Waals surface area contributed by atoms with E-state index in [1.165, 1.54) is 0 Å². The monoisotopic (exact) mass is 430 g/mol. The first-order valence-electron chi connectivity index (χ1n) is 9.66. The smallest absolute Gasteiger partial charge is 0.262 e. The summed E-state index contributed by atoms with van der Waals surface area (Å²) in [6, 6.07) is 27.2. The van der Waals surface area contributed by atoms with Crippen molar-refractivity contribution >= 4 is 45.6 Å². The molecule has 0 heterocycles. The van der Waals surface area contributed by atoms with Gasteiger partial charge in [-0.2, -0.15) is 0 Å². The standard InChI is InChI=1S/C25H19ClN2O3/c26-22-13-4-3-12-21(22)25(30)28-19-10-6-9-18(15-19)27-24(29)16-31-23-14-5-8-17-7-1-2-11-20(17)23/h1-15H,16H2,(H,27,29)(H,28,30). The van der Waals surface area contributed by atoms with E-state index in [0.717, 1.165) is 10.8 Å². The molecule has 0 saturated heterocycles. The fourth-order valence-corrected chi connectivity index (χ4v) is 3.40. The molecule has 0 bridgehead atoms. The highest BCUT2D eigenvalue weighted by atomic mass is 35.5. The lowest BCUT2D eigenvalue weighted by atomic mass is 10.1. The van der Waals surface area contributed by atoms with E-state index in [1.807, 2.05) is 42.5 Å². The predicted molar refractivity (Wildman–Crippen MR) is 124 cm³/mol. The number of ether oxygens (including phenoxy) is 1.